The molecule has 3 rings (SSSR count). The second kappa shape index (κ2) is 9.01. The van der Waals surface area contributed by atoms with Crippen LogP contribution < -0.4 is 10.1 Å². The van der Waals surface area contributed by atoms with Crippen molar-refractivity contribution in [2.75, 3.05) is 7.11 Å². The van der Waals surface area contributed by atoms with Crippen molar-refractivity contribution in [1.29, 1.82) is 0 Å². The molecule has 1 aromatic carbocycles. The number of thiazole rings is 1. The van der Waals surface area contributed by atoms with Crippen LogP contribution in [0.25, 0.3) is 0 Å². The fourth-order valence-corrected chi connectivity index (χ4v) is 3.62. The van der Waals surface area contributed by atoms with Crippen LogP contribution in [0.2, 0.25) is 0 Å². The lowest BCUT2D eigenvalue weighted by Crippen LogP contribution is -2.30. The molecule has 1 amide bonds. The Hall–Kier alpha value is -2.39. The molecule has 0 saturated carbocycles. The average Bonchev–Trinajstić information content (AvgIpc) is 3.29. The molecule has 2 heterocycles. The Balaban J connectivity index is 1.48. The Morgan fingerprint density at radius 1 is 1.33 bits per heavy atom. The molecule has 9 heteroatoms. The van der Waals surface area contributed by atoms with E-state index in [1.54, 1.807) is 18.4 Å². The summed E-state index contributed by atoms with van der Waals surface area (Å²) < 4.78 is 10.7. The van der Waals surface area contributed by atoms with Crippen LogP contribution in [0.15, 0.2) is 39.3 Å². The van der Waals surface area contributed by atoms with Crippen molar-refractivity contribution in [2.45, 2.75) is 37.3 Å². The van der Waals surface area contributed by atoms with Crippen LogP contribution in [0, 0.1) is 6.92 Å². The van der Waals surface area contributed by atoms with Crippen LogP contribution in [0.3, 0.4) is 0 Å². The van der Waals surface area contributed by atoms with Gasteiger partial charge in [-0.1, -0.05) is 23.9 Å². The third kappa shape index (κ3) is 5.54. The molecular formula is C18H20N4O3S2. The number of hydrogen-bond donors (Lipinski definition) is 1. The number of methoxy groups -OCH3 is 1. The van der Waals surface area contributed by atoms with E-state index in [1.807, 2.05) is 43.5 Å². The zero-order valence-electron chi connectivity index (χ0n) is 15.3. The minimum absolute atomic E-state index is 0.0919. The van der Waals surface area contributed by atoms with Gasteiger partial charge < -0.3 is 14.5 Å². The standard InChI is InChI=1S/C18H20N4O3S2/c1-11(17(23)19-9-13-4-6-15(24-3)7-5-13)27-18-22-21-16(25-18)8-14-10-26-12(2)20-14/h4-7,10-11H,8-9H2,1-3H3,(H,19,23)/t11-/m1/s1. The van der Waals surface area contributed by atoms with E-state index < -0.39 is 0 Å². The molecule has 1 N–H and O–H groups in total. The van der Waals surface area contributed by atoms with Crippen molar-refractivity contribution in [1.82, 2.24) is 20.5 Å². The van der Waals surface area contributed by atoms with E-state index in [9.17, 15) is 4.79 Å². The molecule has 0 radical (unpaired) electrons. The van der Waals surface area contributed by atoms with Gasteiger partial charge in [-0.05, 0) is 31.5 Å². The van der Waals surface area contributed by atoms with E-state index in [1.165, 1.54) is 11.8 Å². The number of nitrogens with zero attached hydrogens (tertiary/aromatic N) is 3. The fraction of sp³-hybridized carbons (Fsp3) is 0.333. The molecule has 0 aliphatic heterocycles. The number of nitrogens with one attached hydrogen (secondary N) is 1. The highest BCUT2D eigenvalue weighted by Gasteiger charge is 2.18. The lowest BCUT2D eigenvalue weighted by molar-refractivity contribution is -0.120. The summed E-state index contributed by atoms with van der Waals surface area (Å²) in [5, 5.41) is 13.9. The molecule has 0 fully saturated rings. The highest BCUT2D eigenvalue weighted by molar-refractivity contribution is 8.00. The maximum Gasteiger partial charge on any atom is 0.277 e. The Kier molecular flexibility index (Phi) is 6.46. The van der Waals surface area contributed by atoms with Crippen LogP contribution in [0.5, 0.6) is 5.75 Å². The van der Waals surface area contributed by atoms with Gasteiger partial charge in [-0.3, -0.25) is 4.79 Å². The van der Waals surface area contributed by atoms with Crippen LogP contribution in [0.4, 0.5) is 0 Å². The van der Waals surface area contributed by atoms with Gasteiger partial charge in [0.1, 0.15) is 5.75 Å². The molecule has 2 aromatic heterocycles. The molecule has 7 nitrogen and oxygen atoms in total. The summed E-state index contributed by atoms with van der Waals surface area (Å²) in [5.41, 5.74) is 1.91. The lowest BCUT2D eigenvalue weighted by atomic mass is 10.2. The van der Waals surface area contributed by atoms with Crippen molar-refractivity contribution >= 4 is 29.0 Å². The number of carbonyl (C=O) groups excluding carboxylic acids is 1. The zero-order valence-corrected chi connectivity index (χ0v) is 16.9. The Morgan fingerprint density at radius 2 is 2.11 bits per heavy atom. The zero-order chi connectivity index (χ0) is 19.2. The first kappa shape index (κ1) is 19.4. The second-order valence-electron chi connectivity index (χ2n) is 5.82. The van der Waals surface area contributed by atoms with E-state index >= 15 is 0 Å². The maximum atomic E-state index is 12.3. The molecule has 0 bridgehead atoms. The van der Waals surface area contributed by atoms with E-state index in [0.29, 0.717) is 24.1 Å². The van der Waals surface area contributed by atoms with Gasteiger partial charge in [-0.25, -0.2) is 4.98 Å². The van der Waals surface area contributed by atoms with Gasteiger partial charge >= 0.3 is 0 Å². The van der Waals surface area contributed by atoms with Crippen molar-refractivity contribution in [3.05, 3.63) is 51.8 Å². The quantitative estimate of drug-likeness (QED) is 0.577. The smallest absolute Gasteiger partial charge is 0.277 e. The molecule has 0 spiro atoms. The minimum Gasteiger partial charge on any atom is -0.497 e. The number of thioether (sulfide) groups is 1. The molecule has 1 atom stereocenters. The number of amides is 1. The van der Waals surface area contributed by atoms with Gasteiger partial charge in [-0.2, -0.15) is 0 Å². The van der Waals surface area contributed by atoms with Crippen molar-refractivity contribution in [2.24, 2.45) is 0 Å². The SMILES string of the molecule is COc1ccc(CNC(=O)[C@@H](C)Sc2nnc(Cc3csc(C)n3)o2)cc1. The Bertz CT molecular complexity index is 892. The topological polar surface area (TPSA) is 90.1 Å². The molecule has 0 aliphatic carbocycles. The van der Waals surface area contributed by atoms with Crippen LogP contribution in [-0.4, -0.2) is 33.4 Å². The first-order valence-corrected chi connectivity index (χ1v) is 10.1. The van der Waals surface area contributed by atoms with Crippen LogP contribution in [-0.2, 0) is 17.8 Å². The summed E-state index contributed by atoms with van der Waals surface area (Å²) in [6, 6.07) is 7.57. The summed E-state index contributed by atoms with van der Waals surface area (Å²) in [4.78, 5) is 16.7. The van der Waals surface area contributed by atoms with Crippen molar-refractivity contribution in [3.8, 4) is 5.75 Å². The molecular weight excluding hydrogens is 384 g/mol. The Labute approximate surface area is 165 Å². The predicted molar refractivity (Wildman–Crippen MR) is 104 cm³/mol. The van der Waals surface area contributed by atoms with Gasteiger partial charge in [0.25, 0.3) is 5.22 Å². The van der Waals surface area contributed by atoms with Gasteiger partial charge in [0.2, 0.25) is 11.8 Å². The van der Waals surface area contributed by atoms with Crippen molar-refractivity contribution < 1.29 is 13.9 Å². The molecule has 0 saturated heterocycles. The van der Waals surface area contributed by atoms with Gasteiger partial charge in [0.15, 0.2) is 0 Å². The van der Waals surface area contributed by atoms with Gasteiger partial charge in [0.05, 0.1) is 29.5 Å². The normalized spacial score (nSPS) is 12.0. The molecule has 27 heavy (non-hydrogen) atoms. The monoisotopic (exact) mass is 404 g/mol. The van der Waals surface area contributed by atoms with Crippen LogP contribution in [0.1, 0.15) is 29.1 Å². The summed E-state index contributed by atoms with van der Waals surface area (Å²) in [5.74, 6) is 1.19. The maximum absolute atomic E-state index is 12.3. The summed E-state index contributed by atoms with van der Waals surface area (Å²) in [6.07, 6.45) is 0.496. The number of carbonyl (C=O) groups is 1. The first-order valence-electron chi connectivity index (χ1n) is 8.34. The number of benzene rings is 1. The third-order valence-corrected chi connectivity index (χ3v) is 5.48. The summed E-state index contributed by atoms with van der Waals surface area (Å²) in [7, 11) is 1.62. The molecule has 0 aliphatic rings. The Morgan fingerprint density at radius 3 is 2.78 bits per heavy atom. The lowest BCUT2D eigenvalue weighted by Gasteiger charge is -2.10. The van der Waals surface area contributed by atoms with E-state index in [-0.39, 0.29) is 11.2 Å². The van der Waals surface area contributed by atoms with E-state index in [2.05, 4.69) is 20.5 Å². The first-order chi connectivity index (χ1) is 13.0. The fourth-order valence-electron chi connectivity index (χ4n) is 2.28. The number of rotatable bonds is 8. The highest BCUT2D eigenvalue weighted by atomic mass is 32.2. The minimum atomic E-state index is -0.349. The molecule has 142 valence electrons. The largest absolute Gasteiger partial charge is 0.497 e. The summed E-state index contributed by atoms with van der Waals surface area (Å²) >= 11 is 2.82. The van der Waals surface area contributed by atoms with E-state index in [0.717, 1.165) is 22.0 Å². The number of aromatic nitrogens is 3. The molecule has 3 aromatic rings. The number of aryl methyl sites for hydroxylation is 1. The van der Waals surface area contributed by atoms with Gasteiger partial charge in [-0.15, -0.1) is 21.5 Å². The molecule has 0 unspecified atom stereocenters. The average molecular weight is 405 g/mol. The number of hydrogen-bond acceptors (Lipinski definition) is 8. The summed E-state index contributed by atoms with van der Waals surface area (Å²) in [6.45, 7) is 4.21. The van der Waals surface area contributed by atoms with Gasteiger partial charge in [0, 0.05) is 11.9 Å². The van der Waals surface area contributed by atoms with E-state index in [4.69, 9.17) is 9.15 Å². The van der Waals surface area contributed by atoms with Crippen LogP contribution >= 0.6 is 23.1 Å². The second-order valence-corrected chi connectivity index (χ2v) is 8.18. The number of ether oxygens (including phenoxy) is 1. The van der Waals surface area contributed by atoms with Crippen molar-refractivity contribution in [3.63, 3.8) is 0 Å². The predicted octanol–water partition coefficient (Wildman–Crippen LogP) is 3.23. The third-order valence-electron chi connectivity index (χ3n) is 3.72. The highest BCUT2D eigenvalue weighted by Crippen LogP contribution is 2.23.